The number of benzene rings is 3. The molecule has 1 atom stereocenters. The lowest BCUT2D eigenvalue weighted by atomic mass is 10.1. The van der Waals surface area contributed by atoms with Gasteiger partial charge >= 0.3 is 0 Å². The predicted octanol–water partition coefficient (Wildman–Crippen LogP) is 5.75. The summed E-state index contributed by atoms with van der Waals surface area (Å²) >= 11 is 12.5. The van der Waals surface area contributed by atoms with E-state index in [9.17, 15) is 18.0 Å². The highest BCUT2D eigenvalue weighted by atomic mass is 35.5. The number of sulfonamides is 1. The second-order valence-electron chi connectivity index (χ2n) is 9.71. The quantitative estimate of drug-likeness (QED) is 0.326. The molecule has 39 heavy (non-hydrogen) atoms. The lowest BCUT2D eigenvalue weighted by molar-refractivity contribution is -0.139. The van der Waals surface area contributed by atoms with Crippen LogP contribution in [0.1, 0.15) is 37.5 Å². The van der Waals surface area contributed by atoms with Gasteiger partial charge in [-0.05, 0) is 82.1 Å². The molecule has 0 bridgehead atoms. The number of aryl methyl sites for hydroxylation is 2. The SMILES string of the molecule is Cc1ccc(S(=O)(=O)N(CC(=O)N(Cc2ccccc2Cl)C(C)C(=O)NC(C)C)c2ccc(Cl)cc2C)cc1. The zero-order chi connectivity index (χ0) is 28.9. The Labute approximate surface area is 240 Å². The number of rotatable bonds is 10. The Balaban J connectivity index is 2.08. The van der Waals surface area contributed by atoms with Crippen molar-refractivity contribution >= 4 is 50.7 Å². The van der Waals surface area contributed by atoms with Crippen molar-refractivity contribution < 1.29 is 18.0 Å². The normalized spacial score (nSPS) is 12.2. The zero-order valence-electron chi connectivity index (χ0n) is 22.6. The predicted molar refractivity (Wildman–Crippen MR) is 157 cm³/mol. The number of hydrogen-bond acceptors (Lipinski definition) is 4. The fourth-order valence-corrected chi connectivity index (χ4v) is 5.95. The molecule has 0 aliphatic heterocycles. The van der Waals surface area contributed by atoms with Gasteiger partial charge in [0.05, 0.1) is 10.6 Å². The Morgan fingerprint density at radius 2 is 1.56 bits per heavy atom. The number of anilines is 1. The van der Waals surface area contributed by atoms with Gasteiger partial charge in [0, 0.05) is 22.6 Å². The van der Waals surface area contributed by atoms with E-state index in [1.807, 2.05) is 20.8 Å². The van der Waals surface area contributed by atoms with E-state index >= 15 is 0 Å². The van der Waals surface area contributed by atoms with Gasteiger partial charge in [0.1, 0.15) is 12.6 Å². The smallest absolute Gasteiger partial charge is 0.264 e. The molecule has 1 unspecified atom stereocenters. The van der Waals surface area contributed by atoms with Gasteiger partial charge in [0.2, 0.25) is 11.8 Å². The Bertz CT molecular complexity index is 1440. The number of carbonyl (C=O) groups excluding carboxylic acids is 2. The average Bonchev–Trinajstić information content (AvgIpc) is 2.86. The van der Waals surface area contributed by atoms with Crippen molar-refractivity contribution in [2.24, 2.45) is 0 Å². The van der Waals surface area contributed by atoms with Crippen LogP contribution in [0.25, 0.3) is 0 Å². The fourth-order valence-electron chi connectivity index (χ4n) is 4.05. The summed E-state index contributed by atoms with van der Waals surface area (Å²) in [6.07, 6.45) is 0. The highest BCUT2D eigenvalue weighted by Gasteiger charge is 2.33. The topological polar surface area (TPSA) is 86.8 Å². The van der Waals surface area contributed by atoms with Crippen LogP contribution in [0.2, 0.25) is 10.0 Å². The summed E-state index contributed by atoms with van der Waals surface area (Å²) in [7, 11) is -4.16. The van der Waals surface area contributed by atoms with E-state index in [1.165, 1.54) is 17.0 Å². The molecular formula is C29H33Cl2N3O4S. The maximum Gasteiger partial charge on any atom is 0.264 e. The van der Waals surface area contributed by atoms with Crippen LogP contribution in [0, 0.1) is 13.8 Å². The monoisotopic (exact) mass is 589 g/mol. The van der Waals surface area contributed by atoms with Crippen molar-refractivity contribution in [2.45, 2.75) is 58.1 Å². The molecule has 0 aliphatic rings. The Morgan fingerprint density at radius 3 is 2.15 bits per heavy atom. The maximum atomic E-state index is 14.0. The first-order chi connectivity index (χ1) is 18.3. The van der Waals surface area contributed by atoms with Gasteiger partial charge in [-0.15, -0.1) is 0 Å². The lowest BCUT2D eigenvalue weighted by Gasteiger charge is -2.33. The van der Waals surface area contributed by atoms with Crippen molar-refractivity contribution in [2.75, 3.05) is 10.8 Å². The van der Waals surface area contributed by atoms with Gasteiger partial charge in [0.15, 0.2) is 0 Å². The summed E-state index contributed by atoms with van der Waals surface area (Å²) in [6.45, 7) is 8.32. The molecule has 0 aliphatic carbocycles. The van der Waals surface area contributed by atoms with Crippen LogP contribution in [0.5, 0.6) is 0 Å². The molecule has 7 nitrogen and oxygen atoms in total. The molecule has 0 spiro atoms. The minimum atomic E-state index is -4.16. The number of halogens is 2. The third kappa shape index (κ3) is 7.53. The van der Waals surface area contributed by atoms with Crippen LogP contribution in [0.4, 0.5) is 5.69 Å². The van der Waals surface area contributed by atoms with Crippen LogP contribution in [0.15, 0.2) is 71.6 Å². The molecule has 3 rings (SSSR count). The molecule has 1 N–H and O–H groups in total. The highest BCUT2D eigenvalue weighted by Crippen LogP contribution is 2.30. The minimum Gasteiger partial charge on any atom is -0.352 e. The van der Waals surface area contributed by atoms with E-state index in [0.29, 0.717) is 26.9 Å². The van der Waals surface area contributed by atoms with E-state index < -0.39 is 28.5 Å². The van der Waals surface area contributed by atoms with Crippen LogP contribution < -0.4 is 9.62 Å². The van der Waals surface area contributed by atoms with Crippen molar-refractivity contribution in [3.8, 4) is 0 Å². The van der Waals surface area contributed by atoms with Crippen LogP contribution in [-0.2, 0) is 26.2 Å². The molecule has 0 saturated carbocycles. The average molecular weight is 591 g/mol. The summed E-state index contributed by atoms with van der Waals surface area (Å²) in [4.78, 5) is 28.3. The molecule has 0 radical (unpaired) electrons. The molecule has 0 fully saturated rings. The van der Waals surface area contributed by atoms with Crippen molar-refractivity contribution in [1.82, 2.24) is 10.2 Å². The number of amides is 2. The zero-order valence-corrected chi connectivity index (χ0v) is 24.9. The molecule has 10 heteroatoms. The van der Waals surface area contributed by atoms with E-state index in [-0.39, 0.29) is 23.4 Å². The number of nitrogens with one attached hydrogen (secondary N) is 1. The van der Waals surface area contributed by atoms with Crippen molar-refractivity contribution in [3.63, 3.8) is 0 Å². The van der Waals surface area contributed by atoms with E-state index in [2.05, 4.69) is 5.32 Å². The molecule has 0 saturated heterocycles. The molecule has 3 aromatic rings. The molecule has 3 aromatic carbocycles. The molecule has 0 aromatic heterocycles. The van der Waals surface area contributed by atoms with Crippen LogP contribution >= 0.6 is 23.2 Å². The van der Waals surface area contributed by atoms with Gasteiger partial charge in [0.25, 0.3) is 10.0 Å². The summed E-state index contributed by atoms with van der Waals surface area (Å²) < 4.78 is 28.9. The summed E-state index contributed by atoms with van der Waals surface area (Å²) in [6, 6.07) is 17.2. The first kappa shape index (κ1) is 30.5. The second kappa shape index (κ2) is 12.9. The molecule has 2 amide bonds. The standard InChI is InChI=1S/C29H33Cl2N3O4S/c1-19(2)32-29(36)22(5)33(17-23-8-6-7-9-26(23)31)28(35)18-34(27-15-12-24(30)16-21(27)4)39(37,38)25-13-10-20(3)11-14-25/h6-16,19,22H,17-18H2,1-5H3,(H,32,36). The fraction of sp³-hybridized carbons (Fsp3) is 0.310. The molecular weight excluding hydrogens is 557 g/mol. The van der Waals surface area contributed by atoms with E-state index in [1.54, 1.807) is 68.4 Å². The molecule has 208 valence electrons. The Kier molecular flexibility index (Phi) is 10.0. The first-order valence-corrected chi connectivity index (χ1v) is 14.7. The van der Waals surface area contributed by atoms with Gasteiger partial charge in [-0.3, -0.25) is 13.9 Å². The summed E-state index contributed by atoms with van der Waals surface area (Å²) in [5.41, 5.74) is 2.42. The number of carbonyl (C=O) groups is 2. The van der Waals surface area contributed by atoms with Crippen molar-refractivity contribution in [3.05, 3.63) is 93.5 Å². The highest BCUT2D eigenvalue weighted by molar-refractivity contribution is 7.92. The van der Waals surface area contributed by atoms with Crippen LogP contribution in [0.3, 0.4) is 0 Å². The Hall–Kier alpha value is -3.07. The van der Waals surface area contributed by atoms with Crippen LogP contribution in [-0.4, -0.2) is 43.8 Å². The van der Waals surface area contributed by atoms with E-state index in [0.717, 1.165) is 9.87 Å². The van der Waals surface area contributed by atoms with Gasteiger partial charge < -0.3 is 10.2 Å². The largest absolute Gasteiger partial charge is 0.352 e. The second-order valence-corrected chi connectivity index (χ2v) is 12.4. The summed E-state index contributed by atoms with van der Waals surface area (Å²) in [5.74, 6) is -0.924. The third-order valence-corrected chi connectivity index (χ3v) is 8.59. The van der Waals surface area contributed by atoms with Crippen molar-refractivity contribution in [1.29, 1.82) is 0 Å². The van der Waals surface area contributed by atoms with Gasteiger partial charge in [-0.1, -0.05) is 59.1 Å². The number of hydrogen-bond donors (Lipinski definition) is 1. The van der Waals surface area contributed by atoms with Gasteiger partial charge in [-0.25, -0.2) is 8.42 Å². The maximum absolute atomic E-state index is 14.0. The Morgan fingerprint density at radius 1 is 0.923 bits per heavy atom. The molecule has 0 heterocycles. The third-order valence-electron chi connectivity index (χ3n) is 6.21. The minimum absolute atomic E-state index is 0.0171. The van der Waals surface area contributed by atoms with Gasteiger partial charge in [-0.2, -0.15) is 0 Å². The first-order valence-electron chi connectivity index (χ1n) is 12.5. The number of nitrogens with zero attached hydrogens (tertiary/aromatic N) is 2. The summed E-state index contributed by atoms with van der Waals surface area (Å²) in [5, 5.41) is 3.70. The lowest BCUT2D eigenvalue weighted by Crippen LogP contribution is -2.52. The van der Waals surface area contributed by atoms with E-state index in [4.69, 9.17) is 23.2 Å².